The second-order valence-electron chi connectivity index (χ2n) is 7.25. The number of carbonyl (C=O) groups excluding carboxylic acids is 1. The summed E-state index contributed by atoms with van der Waals surface area (Å²) in [5.41, 5.74) is 3.42. The molecule has 1 aromatic heterocycles. The van der Waals surface area contributed by atoms with Gasteiger partial charge in [-0.1, -0.05) is 59.7 Å². The highest BCUT2D eigenvalue weighted by atomic mass is 32.2. The predicted molar refractivity (Wildman–Crippen MR) is 133 cm³/mol. The third kappa shape index (κ3) is 4.86. The standard InChI is InChI=1S/C25H23N3OS2/c1-18-8-12-20(13-9-18)30-27(3)24-16-26-25(23-7-5-4-6-22(23)24)28(17-29)31-21-14-10-19(2)11-15-21/h4-17H,1-3H3. The number of nitrogens with zero attached hydrogens (tertiary/aromatic N) is 3. The van der Waals surface area contributed by atoms with Crippen LogP contribution in [0.25, 0.3) is 10.8 Å². The van der Waals surface area contributed by atoms with E-state index >= 15 is 0 Å². The first-order chi connectivity index (χ1) is 15.0. The minimum Gasteiger partial charge on any atom is -0.313 e. The molecule has 0 unspecified atom stereocenters. The van der Waals surface area contributed by atoms with E-state index in [2.05, 4.69) is 46.5 Å². The zero-order valence-electron chi connectivity index (χ0n) is 17.6. The summed E-state index contributed by atoms with van der Waals surface area (Å²) < 4.78 is 3.70. The molecule has 1 amide bonds. The predicted octanol–water partition coefficient (Wildman–Crippen LogP) is 6.67. The Morgan fingerprint density at radius 1 is 0.774 bits per heavy atom. The van der Waals surface area contributed by atoms with E-state index in [0.717, 1.165) is 32.7 Å². The van der Waals surface area contributed by atoms with Crippen LogP contribution in [0.1, 0.15) is 11.1 Å². The highest BCUT2D eigenvalue weighted by Crippen LogP contribution is 2.38. The molecule has 0 aliphatic carbocycles. The number of benzene rings is 3. The highest BCUT2D eigenvalue weighted by Gasteiger charge is 2.17. The van der Waals surface area contributed by atoms with Gasteiger partial charge in [0.25, 0.3) is 0 Å². The zero-order chi connectivity index (χ0) is 21.8. The van der Waals surface area contributed by atoms with E-state index in [9.17, 15) is 4.79 Å². The Morgan fingerprint density at radius 3 is 1.90 bits per heavy atom. The first-order valence-corrected chi connectivity index (χ1v) is 11.4. The van der Waals surface area contributed by atoms with E-state index in [1.165, 1.54) is 23.1 Å². The van der Waals surface area contributed by atoms with Crippen LogP contribution in [-0.4, -0.2) is 18.4 Å². The SMILES string of the molecule is Cc1ccc(SN(C)c2cnc(N(C=O)Sc3ccc(C)cc3)c3ccccc23)cc1. The normalized spacial score (nSPS) is 10.8. The smallest absolute Gasteiger partial charge is 0.225 e. The van der Waals surface area contributed by atoms with E-state index in [0.29, 0.717) is 5.82 Å². The minimum atomic E-state index is 0.633. The van der Waals surface area contributed by atoms with E-state index in [4.69, 9.17) is 0 Å². The fourth-order valence-corrected chi connectivity index (χ4v) is 4.80. The third-order valence-electron chi connectivity index (χ3n) is 4.88. The van der Waals surface area contributed by atoms with E-state index < -0.39 is 0 Å². The van der Waals surface area contributed by atoms with Gasteiger partial charge in [0.1, 0.15) is 0 Å². The molecule has 0 aliphatic rings. The number of carbonyl (C=O) groups is 1. The lowest BCUT2D eigenvalue weighted by molar-refractivity contribution is -0.106. The number of fused-ring (bicyclic) bond motifs is 1. The maximum Gasteiger partial charge on any atom is 0.225 e. The van der Waals surface area contributed by atoms with Gasteiger partial charge >= 0.3 is 0 Å². The number of rotatable bonds is 7. The van der Waals surface area contributed by atoms with Crippen molar-refractivity contribution in [2.45, 2.75) is 23.6 Å². The lowest BCUT2D eigenvalue weighted by Crippen LogP contribution is -2.14. The Bertz CT molecular complexity index is 1190. The van der Waals surface area contributed by atoms with Gasteiger partial charge < -0.3 is 4.31 Å². The molecule has 3 aromatic carbocycles. The number of anilines is 2. The van der Waals surface area contributed by atoms with Crippen LogP contribution in [-0.2, 0) is 4.79 Å². The molecule has 6 heteroatoms. The first-order valence-electron chi connectivity index (χ1n) is 9.90. The second kappa shape index (κ2) is 9.45. The van der Waals surface area contributed by atoms with Gasteiger partial charge in [-0.15, -0.1) is 0 Å². The van der Waals surface area contributed by atoms with Crippen molar-refractivity contribution in [1.82, 2.24) is 4.98 Å². The van der Waals surface area contributed by atoms with Crippen molar-refractivity contribution >= 4 is 52.6 Å². The van der Waals surface area contributed by atoms with Crippen LogP contribution in [0.15, 0.2) is 88.8 Å². The molecule has 0 atom stereocenters. The fourth-order valence-electron chi connectivity index (χ4n) is 3.22. The van der Waals surface area contributed by atoms with Gasteiger partial charge in [-0.3, -0.25) is 4.79 Å². The molecule has 0 bridgehead atoms. The van der Waals surface area contributed by atoms with Gasteiger partial charge in [-0.25, -0.2) is 9.29 Å². The lowest BCUT2D eigenvalue weighted by atomic mass is 10.1. The molecule has 0 saturated carbocycles. The summed E-state index contributed by atoms with van der Waals surface area (Å²) in [7, 11) is 2.03. The summed E-state index contributed by atoms with van der Waals surface area (Å²) in [4.78, 5) is 18.8. The lowest BCUT2D eigenvalue weighted by Gasteiger charge is -2.22. The maximum atomic E-state index is 12.0. The average molecular weight is 446 g/mol. The molecule has 4 nitrogen and oxygen atoms in total. The Morgan fingerprint density at radius 2 is 1.32 bits per heavy atom. The first kappa shape index (κ1) is 21.3. The number of aryl methyl sites for hydroxylation is 2. The topological polar surface area (TPSA) is 36.4 Å². The number of hydrogen-bond donors (Lipinski definition) is 0. The molecule has 0 spiro atoms. The Hall–Kier alpha value is -2.96. The minimum absolute atomic E-state index is 0.633. The molecular formula is C25H23N3OS2. The van der Waals surface area contributed by atoms with Gasteiger partial charge in [0.2, 0.25) is 6.41 Å². The van der Waals surface area contributed by atoms with Gasteiger partial charge in [0.15, 0.2) is 5.82 Å². The number of pyridine rings is 1. The monoisotopic (exact) mass is 445 g/mol. The molecule has 4 rings (SSSR count). The average Bonchev–Trinajstić information content (AvgIpc) is 2.79. The van der Waals surface area contributed by atoms with Crippen molar-refractivity contribution in [2.24, 2.45) is 0 Å². The van der Waals surface area contributed by atoms with Crippen molar-refractivity contribution < 1.29 is 4.79 Å². The summed E-state index contributed by atoms with van der Waals surface area (Å²) in [6.07, 6.45) is 2.66. The molecule has 4 aromatic rings. The summed E-state index contributed by atoms with van der Waals surface area (Å²) in [5.74, 6) is 0.633. The summed E-state index contributed by atoms with van der Waals surface area (Å²) in [6.45, 7) is 4.13. The van der Waals surface area contributed by atoms with E-state index in [1.807, 2.05) is 62.6 Å². The highest BCUT2D eigenvalue weighted by molar-refractivity contribution is 8.01. The van der Waals surface area contributed by atoms with Gasteiger partial charge in [-0.05, 0) is 62.0 Å². The van der Waals surface area contributed by atoms with Crippen LogP contribution in [0.3, 0.4) is 0 Å². The van der Waals surface area contributed by atoms with Crippen LogP contribution in [0.4, 0.5) is 11.5 Å². The quantitative estimate of drug-likeness (QED) is 0.235. The van der Waals surface area contributed by atoms with Crippen molar-refractivity contribution in [1.29, 1.82) is 0 Å². The number of hydrogen-bond acceptors (Lipinski definition) is 5. The molecular weight excluding hydrogens is 422 g/mol. The van der Waals surface area contributed by atoms with Crippen LogP contribution in [0.5, 0.6) is 0 Å². The Balaban J connectivity index is 1.67. The third-order valence-corrected chi connectivity index (χ3v) is 6.78. The van der Waals surface area contributed by atoms with Crippen LogP contribution >= 0.6 is 23.9 Å². The molecule has 0 aliphatic heterocycles. The van der Waals surface area contributed by atoms with Crippen molar-refractivity contribution in [3.8, 4) is 0 Å². The van der Waals surface area contributed by atoms with Gasteiger partial charge in [0, 0.05) is 27.6 Å². The van der Waals surface area contributed by atoms with E-state index in [1.54, 1.807) is 16.3 Å². The van der Waals surface area contributed by atoms with Gasteiger partial charge in [-0.2, -0.15) is 0 Å². The largest absolute Gasteiger partial charge is 0.313 e. The van der Waals surface area contributed by atoms with Crippen molar-refractivity contribution in [2.75, 3.05) is 15.7 Å². The Kier molecular flexibility index (Phi) is 6.49. The van der Waals surface area contributed by atoms with Crippen molar-refractivity contribution in [3.63, 3.8) is 0 Å². The summed E-state index contributed by atoms with van der Waals surface area (Å²) >= 11 is 3.02. The van der Waals surface area contributed by atoms with Crippen LogP contribution < -0.4 is 8.61 Å². The fraction of sp³-hybridized carbons (Fsp3) is 0.120. The second-order valence-corrected chi connectivity index (χ2v) is 9.50. The Labute approximate surface area is 191 Å². The summed E-state index contributed by atoms with van der Waals surface area (Å²) in [6, 6.07) is 24.6. The molecule has 156 valence electrons. The van der Waals surface area contributed by atoms with E-state index in [-0.39, 0.29) is 0 Å². The summed E-state index contributed by atoms with van der Waals surface area (Å²) in [5, 5.41) is 1.98. The number of aromatic nitrogens is 1. The molecule has 0 radical (unpaired) electrons. The van der Waals surface area contributed by atoms with Crippen LogP contribution in [0, 0.1) is 13.8 Å². The molecule has 1 heterocycles. The van der Waals surface area contributed by atoms with Crippen molar-refractivity contribution in [3.05, 3.63) is 90.1 Å². The van der Waals surface area contributed by atoms with Gasteiger partial charge in [0.05, 0.1) is 11.9 Å². The van der Waals surface area contributed by atoms with Crippen LogP contribution in [0.2, 0.25) is 0 Å². The molecule has 0 saturated heterocycles. The zero-order valence-corrected chi connectivity index (χ0v) is 19.3. The number of amides is 1. The molecule has 31 heavy (non-hydrogen) atoms. The molecule has 0 N–H and O–H groups in total. The maximum absolute atomic E-state index is 12.0. The molecule has 0 fully saturated rings.